The second-order valence-electron chi connectivity index (χ2n) is 3.10. The van der Waals surface area contributed by atoms with Crippen molar-refractivity contribution in [3.05, 3.63) is 22.7 Å². The largest absolute Gasteiger partial charge is 0.508 e. The number of nitrogens with zero attached hydrogens (tertiary/aromatic N) is 2. The van der Waals surface area contributed by atoms with Gasteiger partial charge in [0.2, 0.25) is 5.96 Å². The zero-order chi connectivity index (χ0) is 12.3. The lowest BCUT2D eigenvalue weighted by Crippen LogP contribution is -2.26. The maximum absolute atomic E-state index is 9.47. The van der Waals surface area contributed by atoms with Gasteiger partial charge < -0.3 is 22.3 Å². The minimum atomic E-state index is -0.200. The third-order valence-corrected chi connectivity index (χ3v) is 2.05. The van der Waals surface area contributed by atoms with E-state index in [-0.39, 0.29) is 17.7 Å². The summed E-state index contributed by atoms with van der Waals surface area (Å²) in [7, 11) is 0. The fourth-order valence-corrected chi connectivity index (χ4v) is 1.28. The molecule has 0 radical (unpaired) electrons. The lowest BCUT2D eigenvalue weighted by atomic mass is 10.2. The van der Waals surface area contributed by atoms with Crippen molar-refractivity contribution in [2.45, 2.75) is 6.92 Å². The normalized spacial score (nSPS) is 11.2. The highest BCUT2D eigenvalue weighted by Gasteiger charge is 2.04. The standard InChI is InChI=1S/C9H12ClN5O/c1-4-2-5(10)6(3-7(4)16)14-9(13)15-8(11)12/h2-3,16H,1H3,(H6,11,12,13,14,15). The molecule has 0 saturated carbocycles. The van der Waals surface area contributed by atoms with E-state index in [1.165, 1.54) is 6.07 Å². The van der Waals surface area contributed by atoms with Crippen LogP contribution in [0.15, 0.2) is 22.1 Å². The monoisotopic (exact) mass is 241 g/mol. The fraction of sp³-hybridized carbons (Fsp3) is 0.111. The van der Waals surface area contributed by atoms with E-state index >= 15 is 0 Å². The van der Waals surface area contributed by atoms with Gasteiger partial charge >= 0.3 is 0 Å². The number of hydrogen-bond acceptors (Lipinski definition) is 2. The fourth-order valence-electron chi connectivity index (χ4n) is 1.02. The summed E-state index contributed by atoms with van der Waals surface area (Å²) in [5.74, 6) is -0.264. The van der Waals surface area contributed by atoms with Gasteiger partial charge in [-0.25, -0.2) is 4.99 Å². The summed E-state index contributed by atoms with van der Waals surface area (Å²) in [5, 5.41) is 9.82. The van der Waals surface area contributed by atoms with Gasteiger partial charge in [0, 0.05) is 6.07 Å². The van der Waals surface area contributed by atoms with Crippen LogP contribution in [-0.4, -0.2) is 17.0 Å². The van der Waals surface area contributed by atoms with Gasteiger partial charge in [0.25, 0.3) is 0 Å². The number of halogens is 1. The van der Waals surface area contributed by atoms with Gasteiger partial charge in [-0.15, -0.1) is 0 Å². The number of aryl methyl sites for hydroxylation is 1. The topological polar surface area (TPSA) is 123 Å². The molecule has 0 aromatic heterocycles. The minimum absolute atomic E-state index is 0.0700. The van der Waals surface area contributed by atoms with Crippen molar-refractivity contribution in [1.29, 1.82) is 0 Å². The first-order valence-corrected chi connectivity index (χ1v) is 4.71. The Morgan fingerprint density at radius 2 is 1.94 bits per heavy atom. The van der Waals surface area contributed by atoms with Crippen LogP contribution in [0.25, 0.3) is 0 Å². The summed E-state index contributed by atoms with van der Waals surface area (Å²) in [6.45, 7) is 1.72. The van der Waals surface area contributed by atoms with E-state index in [9.17, 15) is 5.11 Å². The number of guanidine groups is 2. The molecule has 86 valence electrons. The van der Waals surface area contributed by atoms with Gasteiger partial charge in [-0.05, 0) is 18.6 Å². The number of aromatic hydroxyl groups is 1. The molecule has 0 heterocycles. The average Bonchev–Trinajstić information content (AvgIpc) is 2.12. The van der Waals surface area contributed by atoms with Crippen LogP contribution in [0.1, 0.15) is 5.56 Å². The van der Waals surface area contributed by atoms with Crippen molar-refractivity contribution in [1.82, 2.24) is 0 Å². The summed E-state index contributed by atoms with van der Waals surface area (Å²) >= 11 is 5.90. The van der Waals surface area contributed by atoms with Gasteiger partial charge in [-0.3, -0.25) is 0 Å². The molecular formula is C9H12ClN5O. The number of benzene rings is 1. The lowest BCUT2D eigenvalue weighted by molar-refractivity contribution is 0.471. The van der Waals surface area contributed by atoms with E-state index in [0.717, 1.165) is 0 Å². The number of nitrogens with two attached hydrogens (primary N) is 3. The lowest BCUT2D eigenvalue weighted by Gasteiger charge is -2.03. The smallest absolute Gasteiger partial charge is 0.223 e. The molecule has 0 saturated heterocycles. The summed E-state index contributed by atoms with van der Waals surface area (Å²) < 4.78 is 0. The van der Waals surface area contributed by atoms with Crippen molar-refractivity contribution in [3.63, 3.8) is 0 Å². The highest BCUT2D eigenvalue weighted by atomic mass is 35.5. The van der Waals surface area contributed by atoms with Gasteiger partial charge in [0.05, 0.1) is 10.7 Å². The molecule has 0 aliphatic carbocycles. The van der Waals surface area contributed by atoms with Gasteiger partial charge in [0.15, 0.2) is 5.96 Å². The Labute approximate surface area is 97.4 Å². The van der Waals surface area contributed by atoms with Crippen LogP contribution in [-0.2, 0) is 0 Å². The zero-order valence-electron chi connectivity index (χ0n) is 8.61. The Morgan fingerprint density at radius 3 is 2.50 bits per heavy atom. The highest BCUT2D eigenvalue weighted by molar-refractivity contribution is 6.33. The summed E-state index contributed by atoms with van der Waals surface area (Å²) in [4.78, 5) is 7.38. The first-order chi connectivity index (χ1) is 7.40. The number of hydrogen-bond donors (Lipinski definition) is 4. The number of aliphatic imine (C=N–C) groups is 2. The Kier molecular flexibility index (Phi) is 3.57. The molecule has 0 unspecified atom stereocenters. The van der Waals surface area contributed by atoms with E-state index < -0.39 is 0 Å². The minimum Gasteiger partial charge on any atom is -0.508 e. The molecule has 0 aliphatic rings. The molecular weight excluding hydrogens is 230 g/mol. The molecule has 1 aromatic rings. The van der Waals surface area contributed by atoms with Crippen molar-refractivity contribution < 1.29 is 5.11 Å². The molecule has 0 spiro atoms. The van der Waals surface area contributed by atoms with E-state index in [1.807, 2.05) is 0 Å². The van der Waals surface area contributed by atoms with Crippen LogP contribution in [0.4, 0.5) is 5.69 Å². The van der Waals surface area contributed by atoms with Crippen LogP contribution < -0.4 is 17.2 Å². The molecule has 16 heavy (non-hydrogen) atoms. The van der Waals surface area contributed by atoms with Gasteiger partial charge in [-0.1, -0.05) is 11.6 Å². The molecule has 0 aliphatic heterocycles. The van der Waals surface area contributed by atoms with Crippen LogP contribution in [0.3, 0.4) is 0 Å². The third-order valence-electron chi connectivity index (χ3n) is 1.74. The van der Waals surface area contributed by atoms with Crippen LogP contribution >= 0.6 is 11.6 Å². The average molecular weight is 242 g/mol. The molecule has 0 fully saturated rings. The predicted octanol–water partition coefficient (Wildman–Crippen LogP) is 0.574. The van der Waals surface area contributed by atoms with E-state index in [0.29, 0.717) is 16.3 Å². The van der Waals surface area contributed by atoms with Crippen LogP contribution in [0.5, 0.6) is 5.75 Å². The van der Waals surface area contributed by atoms with Crippen molar-refractivity contribution in [2.75, 3.05) is 0 Å². The molecule has 1 rings (SSSR count). The molecule has 1 aromatic carbocycles. The van der Waals surface area contributed by atoms with Crippen molar-refractivity contribution >= 4 is 29.2 Å². The summed E-state index contributed by atoms with van der Waals surface area (Å²) in [6, 6.07) is 2.95. The molecule has 7 N–H and O–H groups in total. The van der Waals surface area contributed by atoms with Gasteiger partial charge in [0.1, 0.15) is 5.75 Å². The van der Waals surface area contributed by atoms with E-state index in [4.69, 9.17) is 28.8 Å². The summed E-state index contributed by atoms with van der Waals surface area (Å²) in [6.07, 6.45) is 0. The molecule has 6 nitrogen and oxygen atoms in total. The first kappa shape index (κ1) is 12.1. The van der Waals surface area contributed by atoms with Crippen molar-refractivity contribution in [2.24, 2.45) is 27.2 Å². The number of phenolic OH excluding ortho intramolecular Hbond substituents is 1. The quantitative estimate of drug-likeness (QED) is 0.424. The Bertz CT molecular complexity index is 465. The van der Waals surface area contributed by atoms with E-state index in [1.54, 1.807) is 13.0 Å². The molecule has 0 bridgehead atoms. The Hall–Kier alpha value is -1.95. The zero-order valence-corrected chi connectivity index (χ0v) is 9.36. The first-order valence-electron chi connectivity index (χ1n) is 4.33. The van der Waals surface area contributed by atoms with Crippen molar-refractivity contribution in [3.8, 4) is 5.75 Å². The van der Waals surface area contributed by atoms with Crippen LogP contribution in [0.2, 0.25) is 5.02 Å². The maximum Gasteiger partial charge on any atom is 0.223 e. The molecule has 0 amide bonds. The predicted molar refractivity (Wildman–Crippen MR) is 64.9 cm³/mol. The van der Waals surface area contributed by atoms with Crippen LogP contribution in [0, 0.1) is 6.92 Å². The Balaban J connectivity index is 3.15. The maximum atomic E-state index is 9.47. The van der Waals surface area contributed by atoms with Gasteiger partial charge in [-0.2, -0.15) is 4.99 Å². The molecule has 0 atom stereocenters. The SMILES string of the molecule is Cc1cc(Cl)c(N=C(N)N=C(N)N)cc1O. The third kappa shape index (κ3) is 3.03. The number of rotatable bonds is 1. The summed E-state index contributed by atoms with van der Waals surface area (Å²) in [5.41, 5.74) is 16.6. The highest BCUT2D eigenvalue weighted by Crippen LogP contribution is 2.31. The second kappa shape index (κ2) is 4.71. The second-order valence-corrected chi connectivity index (χ2v) is 3.50. The Morgan fingerprint density at radius 1 is 1.31 bits per heavy atom. The number of phenols is 1. The van der Waals surface area contributed by atoms with E-state index in [2.05, 4.69) is 9.98 Å². The molecule has 7 heteroatoms.